The molecule has 36 heavy (non-hydrogen) atoms. The number of carbonyl (C=O) groups excluding carboxylic acids is 1. The Labute approximate surface area is 210 Å². The van der Waals surface area contributed by atoms with E-state index in [2.05, 4.69) is 20.1 Å². The van der Waals surface area contributed by atoms with Gasteiger partial charge in [-0.1, -0.05) is 53.2 Å². The van der Waals surface area contributed by atoms with Crippen molar-refractivity contribution < 1.29 is 9.32 Å². The minimum absolute atomic E-state index is 0.0142. The van der Waals surface area contributed by atoms with E-state index in [9.17, 15) is 4.79 Å². The molecule has 0 aliphatic carbocycles. The smallest absolute Gasteiger partial charge is 0.246 e. The molecule has 8 nitrogen and oxygen atoms in total. The summed E-state index contributed by atoms with van der Waals surface area (Å²) in [5, 5.41) is 8.78. The van der Waals surface area contributed by atoms with Gasteiger partial charge in [-0.25, -0.2) is 4.68 Å². The maximum atomic E-state index is 12.9. The fourth-order valence-corrected chi connectivity index (χ4v) is 4.43. The van der Waals surface area contributed by atoms with Crippen molar-refractivity contribution in [1.29, 1.82) is 0 Å². The molecule has 8 heteroatoms. The van der Waals surface area contributed by atoms with Gasteiger partial charge < -0.3 is 9.42 Å². The lowest BCUT2D eigenvalue weighted by atomic mass is 10.1. The van der Waals surface area contributed by atoms with Gasteiger partial charge in [0.15, 0.2) is 0 Å². The number of hydrogen-bond donors (Lipinski definition) is 0. The van der Waals surface area contributed by atoms with Crippen molar-refractivity contribution in [1.82, 2.24) is 29.7 Å². The minimum atomic E-state index is 0.0142. The number of rotatable bonds is 6. The Hall–Kier alpha value is -4.04. The van der Waals surface area contributed by atoms with Crippen LogP contribution in [0, 0.1) is 20.8 Å². The Kier molecular flexibility index (Phi) is 6.77. The molecule has 1 fully saturated rings. The van der Waals surface area contributed by atoms with Crippen molar-refractivity contribution in [2.24, 2.45) is 0 Å². The first-order valence-corrected chi connectivity index (χ1v) is 12.2. The number of carbonyl (C=O) groups is 1. The van der Waals surface area contributed by atoms with E-state index in [0.717, 1.165) is 41.3 Å². The van der Waals surface area contributed by atoms with Crippen molar-refractivity contribution in [2.45, 2.75) is 27.3 Å². The van der Waals surface area contributed by atoms with E-state index in [1.807, 2.05) is 91.0 Å². The molecule has 184 valence electrons. The second-order valence-corrected chi connectivity index (χ2v) is 9.14. The summed E-state index contributed by atoms with van der Waals surface area (Å²) in [5.41, 5.74) is 6.03. The van der Waals surface area contributed by atoms with Crippen molar-refractivity contribution in [3.63, 3.8) is 0 Å². The molecule has 1 aliphatic rings. The average molecular weight is 483 g/mol. The summed E-state index contributed by atoms with van der Waals surface area (Å²) in [7, 11) is 0. The maximum absolute atomic E-state index is 12.9. The van der Waals surface area contributed by atoms with Crippen LogP contribution < -0.4 is 0 Å². The number of benzene rings is 2. The Balaban J connectivity index is 1.16. The number of nitrogens with zero attached hydrogens (tertiary/aromatic N) is 6. The highest BCUT2D eigenvalue weighted by Gasteiger charge is 2.22. The molecule has 0 saturated carbocycles. The first-order valence-electron chi connectivity index (χ1n) is 12.2. The zero-order valence-corrected chi connectivity index (χ0v) is 20.9. The zero-order valence-electron chi connectivity index (χ0n) is 20.9. The van der Waals surface area contributed by atoms with Crippen molar-refractivity contribution in [2.75, 3.05) is 26.2 Å². The average Bonchev–Trinajstić information content (AvgIpc) is 3.48. The topological polar surface area (TPSA) is 80.3 Å². The third-order valence-electron chi connectivity index (χ3n) is 6.56. The summed E-state index contributed by atoms with van der Waals surface area (Å²) in [6.45, 7) is 9.44. The maximum Gasteiger partial charge on any atom is 0.246 e. The van der Waals surface area contributed by atoms with Crippen LogP contribution in [0.4, 0.5) is 0 Å². The van der Waals surface area contributed by atoms with E-state index >= 15 is 0 Å². The lowest BCUT2D eigenvalue weighted by Gasteiger charge is -2.33. The van der Waals surface area contributed by atoms with Gasteiger partial charge in [0.25, 0.3) is 0 Å². The number of aromatic nitrogens is 4. The molecule has 0 radical (unpaired) electrons. The molecule has 0 N–H and O–H groups in total. The highest BCUT2D eigenvalue weighted by atomic mass is 16.5. The van der Waals surface area contributed by atoms with Crippen LogP contribution in [0.1, 0.15) is 28.4 Å². The number of hydrogen-bond acceptors (Lipinski definition) is 6. The summed E-state index contributed by atoms with van der Waals surface area (Å²) >= 11 is 0. The third-order valence-corrected chi connectivity index (χ3v) is 6.56. The van der Waals surface area contributed by atoms with Gasteiger partial charge in [-0.3, -0.25) is 9.69 Å². The molecule has 0 atom stereocenters. The van der Waals surface area contributed by atoms with Crippen LogP contribution in [0.5, 0.6) is 0 Å². The van der Waals surface area contributed by atoms with Crippen molar-refractivity contribution in [3.05, 3.63) is 89.1 Å². The highest BCUT2D eigenvalue weighted by Crippen LogP contribution is 2.20. The van der Waals surface area contributed by atoms with Crippen LogP contribution in [0.15, 0.2) is 65.2 Å². The molecular weight excluding hydrogens is 452 g/mol. The van der Waals surface area contributed by atoms with Gasteiger partial charge in [0, 0.05) is 49.1 Å². The summed E-state index contributed by atoms with van der Waals surface area (Å²) in [5.74, 6) is 1.21. The Bertz CT molecular complexity index is 1360. The standard InChI is InChI=1S/C28H30N6O2/c1-20-9-11-23(12-10-20)28-29-26(36-31-28)19-32-15-17-33(18-16-32)27(35)14-13-25-21(2)30-34(22(25)3)24-7-5-4-6-8-24/h4-14H,15-19H2,1-3H3/b14-13+. The molecule has 4 aromatic rings. The number of para-hydroxylation sites is 1. The van der Waals surface area contributed by atoms with Crippen LogP contribution in [0.3, 0.4) is 0 Å². The van der Waals surface area contributed by atoms with Crippen LogP contribution in [0.25, 0.3) is 23.2 Å². The predicted octanol–water partition coefficient (Wildman–Crippen LogP) is 4.21. The molecule has 0 bridgehead atoms. The van der Waals surface area contributed by atoms with E-state index < -0.39 is 0 Å². The highest BCUT2D eigenvalue weighted by molar-refractivity contribution is 5.92. The molecule has 1 saturated heterocycles. The lowest BCUT2D eigenvalue weighted by Crippen LogP contribution is -2.47. The Morgan fingerprint density at radius 3 is 2.42 bits per heavy atom. The van der Waals surface area contributed by atoms with Gasteiger partial charge in [0.1, 0.15) is 0 Å². The van der Waals surface area contributed by atoms with Gasteiger partial charge >= 0.3 is 0 Å². The molecule has 0 spiro atoms. The van der Waals surface area contributed by atoms with E-state index in [1.54, 1.807) is 6.08 Å². The van der Waals surface area contributed by atoms with Crippen LogP contribution >= 0.6 is 0 Å². The first-order chi connectivity index (χ1) is 17.5. The van der Waals surface area contributed by atoms with E-state index in [1.165, 1.54) is 5.56 Å². The second kappa shape index (κ2) is 10.3. The van der Waals surface area contributed by atoms with Gasteiger partial charge in [-0.15, -0.1) is 0 Å². The zero-order chi connectivity index (χ0) is 25.1. The summed E-state index contributed by atoms with van der Waals surface area (Å²) in [6, 6.07) is 18.1. The quantitative estimate of drug-likeness (QED) is 0.383. The van der Waals surface area contributed by atoms with E-state index in [0.29, 0.717) is 31.3 Å². The summed E-state index contributed by atoms with van der Waals surface area (Å²) < 4.78 is 7.38. The van der Waals surface area contributed by atoms with Gasteiger partial charge in [0.2, 0.25) is 17.6 Å². The molecule has 1 amide bonds. The lowest BCUT2D eigenvalue weighted by molar-refractivity contribution is -0.127. The van der Waals surface area contributed by atoms with Gasteiger partial charge in [-0.05, 0) is 39.0 Å². The van der Waals surface area contributed by atoms with Crippen molar-refractivity contribution in [3.8, 4) is 17.1 Å². The molecule has 3 heterocycles. The van der Waals surface area contributed by atoms with Crippen molar-refractivity contribution >= 4 is 12.0 Å². The van der Waals surface area contributed by atoms with E-state index in [4.69, 9.17) is 4.52 Å². The first kappa shape index (κ1) is 23.7. The summed E-state index contributed by atoms with van der Waals surface area (Å²) in [4.78, 5) is 21.5. The number of piperazine rings is 1. The molecule has 5 rings (SSSR count). The third kappa shape index (κ3) is 5.13. The molecule has 0 unspecified atom stereocenters. The predicted molar refractivity (Wildman–Crippen MR) is 138 cm³/mol. The Morgan fingerprint density at radius 2 is 1.69 bits per heavy atom. The second-order valence-electron chi connectivity index (χ2n) is 9.14. The van der Waals surface area contributed by atoms with Crippen LogP contribution in [-0.2, 0) is 11.3 Å². The monoisotopic (exact) mass is 482 g/mol. The molecular formula is C28H30N6O2. The summed E-state index contributed by atoms with van der Waals surface area (Å²) in [6.07, 6.45) is 3.55. The fourth-order valence-electron chi connectivity index (χ4n) is 4.43. The fraction of sp³-hybridized carbons (Fsp3) is 0.286. The van der Waals surface area contributed by atoms with Gasteiger partial charge in [0.05, 0.1) is 17.9 Å². The largest absolute Gasteiger partial charge is 0.338 e. The molecule has 2 aromatic heterocycles. The van der Waals surface area contributed by atoms with Crippen LogP contribution in [-0.4, -0.2) is 61.8 Å². The number of aryl methyl sites for hydroxylation is 2. The number of amides is 1. The normalized spacial score (nSPS) is 14.6. The molecule has 1 aliphatic heterocycles. The Morgan fingerprint density at radius 1 is 0.972 bits per heavy atom. The molecule has 2 aromatic carbocycles. The minimum Gasteiger partial charge on any atom is -0.338 e. The van der Waals surface area contributed by atoms with E-state index in [-0.39, 0.29) is 5.91 Å². The van der Waals surface area contributed by atoms with Gasteiger partial charge in [-0.2, -0.15) is 10.1 Å². The SMILES string of the molecule is Cc1ccc(-c2noc(CN3CCN(C(=O)/C=C/c4c(C)nn(-c5ccccc5)c4C)CC3)n2)cc1. The van der Waals surface area contributed by atoms with Crippen LogP contribution in [0.2, 0.25) is 0 Å².